The first-order valence-corrected chi connectivity index (χ1v) is 12.2. The Morgan fingerprint density at radius 3 is 2.86 bits per heavy atom. The van der Waals surface area contributed by atoms with Crippen molar-refractivity contribution in [2.45, 2.75) is 38.3 Å². The number of carboxylic acid groups (broad SMARTS) is 1. The van der Waals surface area contributed by atoms with Gasteiger partial charge in [0.15, 0.2) is 0 Å². The Bertz CT molecular complexity index is 1160. The van der Waals surface area contributed by atoms with E-state index in [2.05, 4.69) is 9.88 Å². The lowest BCUT2D eigenvalue weighted by Gasteiger charge is -2.37. The number of alkyl halides is 1. The van der Waals surface area contributed by atoms with Crippen LogP contribution in [0.1, 0.15) is 43.0 Å². The van der Waals surface area contributed by atoms with Gasteiger partial charge in [-0.15, -0.1) is 0 Å². The fraction of sp³-hybridized carbons (Fsp3) is 0.429. The molecule has 0 aliphatic carbocycles. The summed E-state index contributed by atoms with van der Waals surface area (Å²) in [6.07, 6.45) is 3.28. The van der Waals surface area contributed by atoms with Crippen LogP contribution in [0.15, 0.2) is 54.7 Å². The molecule has 0 amide bonds. The number of rotatable bonds is 10. The van der Waals surface area contributed by atoms with E-state index in [1.54, 1.807) is 43.6 Å². The van der Waals surface area contributed by atoms with E-state index in [9.17, 15) is 14.3 Å². The Labute approximate surface area is 204 Å². The molecule has 1 aliphatic heterocycles. The number of aromatic nitrogens is 1. The zero-order valence-electron chi connectivity index (χ0n) is 20.0. The standard InChI is InChI=1S/C28H32F2N2O3/c1-35-21-9-11-27-23(17-21)22(12-14-31-27)26(30)10-8-19-13-16-32(18-24(19)28(33)34)15-4-6-20-5-2-3-7-25(20)29/h2-3,5,7,9,11-12,14,17,19,24,26H,4,6,8,10,13,15-16,18H2,1H3,(H,33,34)/t19-,24+,26+/m1/s1. The van der Waals surface area contributed by atoms with Crippen LogP contribution in [0, 0.1) is 17.7 Å². The topological polar surface area (TPSA) is 62.7 Å². The van der Waals surface area contributed by atoms with Gasteiger partial charge in [0.05, 0.1) is 18.5 Å². The molecule has 5 nitrogen and oxygen atoms in total. The highest BCUT2D eigenvalue weighted by molar-refractivity contribution is 5.83. The minimum atomic E-state index is -1.21. The van der Waals surface area contributed by atoms with E-state index in [4.69, 9.17) is 4.74 Å². The lowest BCUT2D eigenvalue weighted by Crippen LogP contribution is -2.44. The second-order valence-electron chi connectivity index (χ2n) is 9.32. The summed E-state index contributed by atoms with van der Waals surface area (Å²) in [5, 5.41) is 10.6. The lowest BCUT2D eigenvalue weighted by atomic mass is 9.81. The smallest absolute Gasteiger partial charge is 0.308 e. The van der Waals surface area contributed by atoms with Gasteiger partial charge in [-0.05, 0) is 92.6 Å². The van der Waals surface area contributed by atoms with Gasteiger partial charge < -0.3 is 14.7 Å². The number of benzene rings is 2. The molecule has 0 saturated carbocycles. The highest BCUT2D eigenvalue weighted by atomic mass is 19.1. The second-order valence-corrected chi connectivity index (χ2v) is 9.32. The number of fused-ring (bicyclic) bond motifs is 1. The van der Waals surface area contributed by atoms with Gasteiger partial charge in [0, 0.05) is 18.1 Å². The van der Waals surface area contributed by atoms with E-state index in [1.807, 2.05) is 12.1 Å². The van der Waals surface area contributed by atoms with Gasteiger partial charge in [0.2, 0.25) is 0 Å². The third kappa shape index (κ3) is 6.14. The zero-order valence-corrected chi connectivity index (χ0v) is 20.0. The summed E-state index contributed by atoms with van der Waals surface area (Å²) >= 11 is 0. The molecule has 1 saturated heterocycles. The molecule has 1 aromatic heterocycles. The Balaban J connectivity index is 1.34. The van der Waals surface area contributed by atoms with E-state index < -0.39 is 18.1 Å². The molecule has 1 fully saturated rings. The Hall–Kier alpha value is -3.06. The van der Waals surface area contributed by atoms with Crippen LogP contribution >= 0.6 is 0 Å². The van der Waals surface area contributed by atoms with Crippen LogP contribution < -0.4 is 4.74 Å². The van der Waals surface area contributed by atoms with Crippen molar-refractivity contribution in [3.05, 3.63) is 71.7 Å². The Kier molecular flexibility index (Phi) is 8.29. The second kappa shape index (κ2) is 11.6. The maximum atomic E-state index is 15.4. The molecule has 2 aromatic carbocycles. The van der Waals surface area contributed by atoms with Crippen LogP contribution in [0.5, 0.6) is 5.75 Å². The van der Waals surface area contributed by atoms with Crippen molar-refractivity contribution in [1.29, 1.82) is 0 Å². The predicted molar refractivity (Wildman–Crippen MR) is 132 cm³/mol. The first-order valence-electron chi connectivity index (χ1n) is 12.2. The molecule has 35 heavy (non-hydrogen) atoms. The summed E-state index contributed by atoms with van der Waals surface area (Å²) in [4.78, 5) is 18.5. The molecule has 1 N–H and O–H groups in total. The van der Waals surface area contributed by atoms with Crippen molar-refractivity contribution in [3.8, 4) is 5.75 Å². The number of nitrogens with zero attached hydrogens (tertiary/aromatic N) is 2. The molecule has 7 heteroatoms. The molecule has 3 atom stereocenters. The van der Waals surface area contributed by atoms with Crippen molar-refractivity contribution in [1.82, 2.24) is 9.88 Å². The Morgan fingerprint density at radius 2 is 2.09 bits per heavy atom. The molecule has 4 rings (SSSR count). The number of likely N-dealkylation sites (tertiary alicyclic amines) is 1. The molecular formula is C28H32F2N2O3. The number of piperidine rings is 1. The number of hydrogen-bond acceptors (Lipinski definition) is 4. The van der Waals surface area contributed by atoms with Gasteiger partial charge in [-0.1, -0.05) is 18.2 Å². The van der Waals surface area contributed by atoms with Crippen molar-refractivity contribution in [2.24, 2.45) is 11.8 Å². The molecule has 0 unspecified atom stereocenters. The van der Waals surface area contributed by atoms with Gasteiger partial charge in [-0.3, -0.25) is 9.78 Å². The minimum absolute atomic E-state index is 0.0730. The number of carbonyl (C=O) groups is 1. The fourth-order valence-electron chi connectivity index (χ4n) is 5.15. The first kappa shape index (κ1) is 25.0. The minimum Gasteiger partial charge on any atom is -0.497 e. The largest absolute Gasteiger partial charge is 0.497 e. The Morgan fingerprint density at radius 1 is 1.26 bits per heavy atom. The summed E-state index contributed by atoms with van der Waals surface area (Å²) in [6, 6.07) is 13.9. The van der Waals surface area contributed by atoms with E-state index in [0.29, 0.717) is 48.2 Å². The molecular weight excluding hydrogens is 450 g/mol. The predicted octanol–water partition coefficient (Wildman–Crippen LogP) is 5.83. The summed E-state index contributed by atoms with van der Waals surface area (Å²) in [7, 11) is 1.57. The van der Waals surface area contributed by atoms with Gasteiger partial charge >= 0.3 is 5.97 Å². The van der Waals surface area contributed by atoms with Crippen molar-refractivity contribution in [2.75, 3.05) is 26.7 Å². The average molecular weight is 483 g/mol. The number of carboxylic acids is 1. The van der Waals surface area contributed by atoms with E-state index >= 15 is 4.39 Å². The summed E-state index contributed by atoms with van der Waals surface area (Å²) < 4.78 is 34.5. The van der Waals surface area contributed by atoms with Crippen LogP contribution in [0.3, 0.4) is 0 Å². The number of aryl methyl sites for hydroxylation is 1. The van der Waals surface area contributed by atoms with Crippen LogP contribution in [0.2, 0.25) is 0 Å². The van der Waals surface area contributed by atoms with Crippen LogP contribution in [-0.4, -0.2) is 47.7 Å². The highest BCUT2D eigenvalue weighted by Gasteiger charge is 2.34. The highest BCUT2D eigenvalue weighted by Crippen LogP contribution is 2.35. The van der Waals surface area contributed by atoms with E-state index in [0.717, 1.165) is 24.9 Å². The zero-order chi connectivity index (χ0) is 24.8. The molecule has 2 heterocycles. The number of methoxy groups -OCH3 is 1. The van der Waals surface area contributed by atoms with Gasteiger partial charge in [-0.2, -0.15) is 0 Å². The average Bonchev–Trinajstić information content (AvgIpc) is 2.88. The van der Waals surface area contributed by atoms with Crippen LogP contribution in [0.25, 0.3) is 10.9 Å². The lowest BCUT2D eigenvalue weighted by molar-refractivity contribution is -0.146. The maximum absolute atomic E-state index is 15.4. The fourth-order valence-corrected chi connectivity index (χ4v) is 5.15. The van der Waals surface area contributed by atoms with Crippen LogP contribution in [0.4, 0.5) is 8.78 Å². The van der Waals surface area contributed by atoms with Crippen molar-refractivity contribution >= 4 is 16.9 Å². The van der Waals surface area contributed by atoms with E-state index in [1.165, 1.54) is 6.07 Å². The first-order chi connectivity index (χ1) is 17.0. The third-order valence-corrected chi connectivity index (χ3v) is 7.15. The van der Waals surface area contributed by atoms with Crippen molar-refractivity contribution < 1.29 is 23.4 Å². The van der Waals surface area contributed by atoms with Gasteiger partial charge in [0.25, 0.3) is 0 Å². The molecule has 186 valence electrons. The summed E-state index contributed by atoms with van der Waals surface area (Å²) in [5.41, 5.74) is 1.96. The normalized spacial score (nSPS) is 19.5. The summed E-state index contributed by atoms with van der Waals surface area (Å²) in [6.45, 7) is 1.95. The number of ether oxygens (including phenoxy) is 1. The quantitative estimate of drug-likeness (QED) is 0.394. The molecule has 3 aromatic rings. The number of hydrogen-bond donors (Lipinski definition) is 1. The van der Waals surface area contributed by atoms with Crippen LogP contribution in [-0.2, 0) is 11.2 Å². The van der Waals surface area contributed by atoms with E-state index in [-0.39, 0.29) is 18.2 Å². The van der Waals surface area contributed by atoms with Gasteiger partial charge in [-0.25, -0.2) is 8.78 Å². The monoisotopic (exact) mass is 482 g/mol. The SMILES string of the molecule is COc1ccc2nccc([C@@H](F)CC[C@@H]3CCN(CCCc4ccccc4F)C[C@@H]3C(=O)O)c2c1. The number of aliphatic carboxylic acids is 1. The maximum Gasteiger partial charge on any atom is 0.308 e. The third-order valence-electron chi connectivity index (χ3n) is 7.15. The van der Waals surface area contributed by atoms with Crippen molar-refractivity contribution in [3.63, 3.8) is 0 Å². The molecule has 0 bridgehead atoms. The van der Waals surface area contributed by atoms with Gasteiger partial charge in [0.1, 0.15) is 17.7 Å². The molecule has 1 aliphatic rings. The number of halogens is 2. The summed E-state index contributed by atoms with van der Waals surface area (Å²) in [5.74, 6) is -0.985. The molecule has 0 spiro atoms. The number of pyridine rings is 1. The molecule has 0 radical (unpaired) electrons.